The lowest BCUT2D eigenvalue weighted by molar-refractivity contribution is -0.150. The zero-order valence-electron chi connectivity index (χ0n) is 16.6. The van der Waals surface area contributed by atoms with E-state index in [4.69, 9.17) is 21.2 Å². The van der Waals surface area contributed by atoms with Crippen LogP contribution in [0.1, 0.15) is 22.9 Å². The van der Waals surface area contributed by atoms with Crippen LogP contribution in [-0.2, 0) is 20.5 Å². The average molecular weight is 486 g/mol. The highest BCUT2D eigenvalue weighted by molar-refractivity contribution is 6.35. The molecule has 3 aromatic rings. The first-order chi connectivity index (χ1) is 15.6. The van der Waals surface area contributed by atoms with Crippen molar-refractivity contribution in [2.24, 2.45) is 11.1 Å². The van der Waals surface area contributed by atoms with Crippen molar-refractivity contribution in [3.63, 3.8) is 0 Å². The Labute approximate surface area is 188 Å². The number of rotatable bonds is 4. The number of aromatic nitrogens is 2. The first kappa shape index (κ1) is 22.7. The first-order valence-electron chi connectivity index (χ1n) is 9.30. The van der Waals surface area contributed by atoms with Crippen LogP contribution in [0.15, 0.2) is 53.8 Å². The lowest BCUT2D eigenvalue weighted by Crippen LogP contribution is -2.30. The van der Waals surface area contributed by atoms with E-state index in [2.05, 4.69) is 10.3 Å². The van der Waals surface area contributed by atoms with Crippen LogP contribution in [0, 0.1) is 17.6 Å². The summed E-state index contributed by atoms with van der Waals surface area (Å²) in [6.07, 6.45) is -5.74. The molecule has 0 amide bonds. The van der Waals surface area contributed by atoms with Gasteiger partial charge >= 0.3 is 12.1 Å². The van der Waals surface area contributed by atoms with Gasteiger partial charge in [-0.15, -0.1) is 0 Å². The molecule has 1 aliphatic rings. The standard InChI is InChI=1S/C21H13ClF5N3O3/c1-32-20(31)16-17(15-13(22)3-2-4-14(15)24)29-33-18(16)12-9-28-30(19(12)21(25,26)27)11-7-5-10(23)6-8-11/h2-9,16,18H,1H3. The fraction of sp³-hybridized carbons (Fsp3) is 0.190. The predicted molar refractivity (Wildman–Crippen MR) is 106 cm³/mol. The normalized spacial score (nSPS) is 18.1. The van der Waals surface area contributed by atoms with Crippen molar-refractivity contribution in [1.82, 2.24) is 9.78 Å². The molecule has 2 atom stereocenters. The summed E-state index contributed by atoms with van der Waals surface area (Å²) in [7, 11) is 1.02. The Morgan fingerprint density at radius 2 is 1.85 bits per heavy atom. The number of oxime groups is 1. The van der Waals surface area contributed by atoms with Gasteiger partial charge in [0, 0.05) is 5.56 Å². The summed E-state index contributed by atoms with van der Waals surface area (Å²) in [5.41, 5.74) is -2.52. The molecule has 0 saturated carbocycles. The minimum atomic E-state index is -4.96. The van der Waals surface area contributed by atoms with Crippen molar-refractivity contribution in [3.05, 3.63) is 82.1 Å². The summed E-state index contributed by atoms with van der Waals surface area (Å²) in [5, 5.41) is 7.34. The average Bonchev–Trinajstić information content (AvgIpc) is 3.38. The van der Waals surface area contributed by atoms with Crippen LogP contribution < -0.4 is 0 Å². The number of hydrogen-bond donors (Lipinski definition) is 0. The summed E-state index contributed by atoms with van der Waals surface area (Å²) in [4.78, 5) is 17.8. The topological polar surface area (TPSA) is 65.7 Å². The highest BCUT2D eigenvalue weighted by atomic mass is 35.5. The number of nitrogens with zero attached hydrogens (tertiary/aromatic N) is 3. The second-order valence-corrected chi connectivity index (χ2v) is 7.34. The molecule has 0 spiro atoms. The van der Waals surface area contributed by atoms with Gasteiger partial charge in [-0.25, -0.2) is 13.5 Å². The summed E-state index contributed by atoms with van der Waals surface area (Å²) in [6.45, 7) is 0. The van der Waals surface area contributed by atoms with Crippen LogP contribution in [0.4, 0.5) is 22.0 Å². The van der Waals surface area contributed by atoms with Crippen molar-refractivity contribution in [2.45, 2.75) is 12.3 Å². The van der Waals surface area contributed by atoms with Gasteiger partial charge in [0.15, 0.2) is 11.8 Å². The van der Waals surface area contributed by atoms with E-state index in [1.54, 1.807) is 0 Å². The van der Waals surface area contributed by atoms with E-state index in [1.807, 2.05) is 0 Å². The van der Waals surface area contributed by atoms with Crippen molar-refractivity contribution in [1.29, 1.82) is 0 Å². The zero-order chi connectivity index (χ0) is 23.9. The second-order valence-electron chi connectivity index (χ2n) is 6.93. The first-order valence-corrected chi connectivity index (χ1v) is 9.68. The van der Waals surface area contributed by atoms with Crippen molar-refractivity contribution >= 4 is 23.3 Å². The van der Waals surface area contributed by atoms with E-state index >= 15 is 0 Å². The quantitative estimate of drug-likeness (QED) is 0.381. The maximum Gasteiger partial charge on any atom is 0.433 e. The third-order valence-electron chi connectivity index (χ3n) is 4.98. The third-order valence-corrected chi connectivity index (χ3v) is 5.29. The molecule has 4 rings (SSSR count). The van der Waals surface area contributed by atoms with E-state index < -0.39 is 47.1 Å². The number of carbonyl (C=O) groups is 1. The van der Waals surface area contributed by atoms with Crippen LogP contribution in [0.3, 0.4) is 0 Å². The Balaban J connectivity index is 1.85. The smallest absolute Gasteiger partial charge is 0.433 e. The van der Waals surface area contributed by atoms with Gasteiger partial charge in [0.05, 0.1) is 29.6 Å². The molecule has 0 saturated heterocycles. The van der Waals surface area contributed by atoms with Gasteiger partial charge in [-0.2, -0.15) is 18.3 Å². The van der Waals surface area contributed by atoms with Gasteiger partial charge in [-0.3, -0.25) is 4.79 Å². The Hall–Kier alpha value is -3.47. The summed E-state index contributed by atoms with van der Waals surface area (Å²) in [5.74, 6) is -4.09. The molecular weight excluding hydrogens is 473 g/mol. The number of hydrogen-bond acceptors (Lipinski definition) is 5. The lowest BCUT2D eigenvalue weighted by atomic mass is 9.88. The number of carbonyl (C=O) groups excluding carboxylic acids is 1. The van der Waals surface area contributed by atoms with E-state index in [9.17, 15) is 26.7 Å². The molecule has 2 heterocycles. The molecule has 2 unspecified atom stereocenters. The molecular formula is C21H13ClF5N3O3. The minimum Gasteiger partial charge on any atom is -0.468 e. The minimum absolute atomic E-state index is 0.0825. The van der Waals surface area contributed by atoms with Gasteiger partial charge in [0.1, 0.15) is 23.3 Å². The molecule has 1 aromatic heterocycles. The number of halogens is 6. The lowest BCUT2D eigenvalue weighted by Gasteiger charge is -2.19. The molecule has 12 heteroatoms. The van der Waals surface area contributed by atoms with Gasteiger partial charge < -0.3 is 9.57 Å². The molecule has 2 aromatic carbocycles. The summed E-state index contributed by atoms with van der Waals surface area (Å²) in [6, 6.07) is 7.86. The molecule has 172 valence electrons. The van der Waals surface area contributed by atoms with Gasteiger partial charge in [-0.1, -0.05) is 22.8 Å². The molecule has 0 fully saturated rings. The number of ether oxygens (including phenoxy) is 1. The molecule has 33 heavy (non-hydrogen) atoms. The highest BCUT2D eigenvalue weighted by Crippen LogP contribution is 2.44. The number of esters is 1. The number of methoxy groups -OCH3 is 1. The fourth-order valence-electron chi connectivity index (χ4n) is 3.55. The van der Waals surface area contributed by atoms with E-state index in [0.717, 1.165) is 43.6 Å². The van der Waals surface area contributed by atoms with Crippen LogP contribution in [0.5, 0.6) is 0 Å². The number of benzene rings is 2. The van der Waals surface area contributed by atoms with E-state index in [0.29, 0.717) is 4.68 Å². The van der Waals surface area contributed by atoms with Crippen LogP contribution in [0.2, 0.25) is 5.02 Å². The van der Waals surface area contributed by atoms with Crippen LogP contribution in [0.25, 0.3) is 5.69 Å². The fourth-order valence-corrected chi connectivity index (χ4v) is 3.81. The summed E-state index contributed by atoms with van der Waals surface area (Å²) >= 11 is 6.06. The molecule has 0 bridgehead atoms. The number of alkyl halides is 3. The van der Waals surface area contributed by atoms with Gasteiger partial charge in [0.25, 0.3) is 0 Å². The predicted octanol–water partition coefficient (Wildman–Crippen LogP) is 5.09. The maximum atomic E-state index is 14.5. The molecule has 0 radical (unpaired) electrons. The van der Waals surface area contributed by atoms with Crippen molar-refractivity contribution < 1.29 is 36.3 Å². The third kappa shape index (κ3) is 4.04. The van der Waals surface area contributed by atoms with E-state index in [-0.39, 0.29) is 22.0 Å². The maximum absolute atomic E-state index is 14.5. The monoisotopic (exact) mass is 485 g/mol. The Morgan fingerprint density at radius 1 is 1.15 bits per heavy atom. The van der Waals surface area contributed by atoms with E-state index in [1.165, 1.54) is 12.1 Å². The van der Waals surface area contributed by atoms with Gasteiger partial charge in [-0.05, 0) is 36.4 Å². The Morgan fingerprint density at radius 3 is 2.45 bits per heavy atom. The highest BCUT2D eigenvalue weighted by Gasteiger charge is 2.49. The van der Waals surface area contributed by atoms with Gasteiger partial charge in [0.2, 0.25) is 0 Å². The van der Waals surface area contributed by atoms with Crippen molar-refractivity contribution in [3.8, 4) is 5.69 Å². The Kier molecular flexibility index (Phi) is 5.83. The zero-order valence-corrected chi connectivity index (χ0v) is 17.4. The molecule has 0 aliphatic carbocycles. The second kappa shape index (κ2) is 8.47. The van der Waals surface area contributed by atoms with Crippen LogP contribution in [-0.4, -0.2) is 28.6 Å². The van der Waals surface area contributed by atoms with Crippen molar-refractivity contribution in [2.75, 3.05) is 7.11 Å². The molecule has 1 aliphatic heterocycles. The SMILES string of the molecule is COC(=O)C1C(c2c(F)cccc2Cl)=NOC1c1cnn(-c2ccc(F)cc2)c1C(F)(F)F. The van der Waals surface area contributed by atoms with Crippen LogP contribution >= 0.6 is 11.6 Å². The summed E-state index contributed by atoms with van der Waals surface area (Å²) < 4.78 is 75.3. The molecule has 6 nitrogen and oxygen atoms in total. The largest absolute Gasteiger partial charge is 0.468 e. The molecule has 0 N–H and O–H groups in total. The Bertz CT molecular complexity index is 1220.